The number of fused-ring (bicyclic) bond motifs is 1. The second-order valence-electron chi connectivity index (χ2n) is 4.06. The molecule has 0 saturated carbocycles. The Morgan fingerprint density at radius 1 is 1.50 bits per heavy atom. The van der Waals surface area contributed by atoms with Gasteiger partial charge in [-0.25, -0.2) is 0 Å². The Labute approximate surface area is 106 Å². The Hall–Kier alpha value is -0.440. The van der Waals surface area contributed by atoms with Crippen LogP contribution < -0.4 is 10.1 Å². The van der Waals surface area contributed by atoms with Crippen LogP contribution in [0.25, 0.3) is 0 Å². The van der Waals surface area contributed by atoms with Crippen LogP contribution in [0.4, 0.5) is 0 Å². The van der Waals surface area contributed by atoms with Gasteiger partial charge < -0.3 is 10.1 Å². The van der Waals surface area contributed by atoms with Gasteiger partial charge in [0, 0.05) is 35.5 Å². The van der Waals surface area contributed by atoms with Gasteiger partial charge in [-0.15, -0.1) is 11.6 Å². The van der Waals surface area contributed by atoms with Gasteiger partial charge in [0.05, 0.1) is 6.61 Å². The van der Waals surface area contributed by atoms with Crippen LogP contribution >= 0.6 is 23.2 Å². The highest BCUT2D eigenvalue weighted by molar-refractivity contribution is 6.30. The smallest absolute Gasteiger partial charge is 0.127 e. The second kappa shape index (κ2) is 5.26. The first-order chi connectivity index (χ1) is 7.66. The third kappa shape index (κ3) is 2.82. The van der Waals surface area contributed by atoms with E-state index in [1.807, 2.05) is 19.1 Å². The molecule has 4 heteroatoms. The maximum absolute atomic E-state index is 6.06. The molecule has 1 aliphatic heterocycles. The molecule has 1 aromatic rings. The van der Waals surface area contributed by atoms with Crippen LogP contribution in [-0.2, 0) is 13.0 Å². The molecule has 1 unspecified atom stereocenters. The van der Waals surface area contributed by atoms with Crippen LogP contribution in [0.15, 0.2) is 12.1 Å². The Morgan fingerprint density at radius 2 is 2.31 bits per heavy atom. The van der Waals surface area contributed by atoms with Gasteiger partial charge in [-0.05, 0) is 24.6 Å². The molecule has 2 nitrogen and oxygen atoms in total. The van der Waals surface area contributed by atoms with E-state index in [0.29, 0.717) is 0 Å². The molecular weight excluding hydrogens is 245 g/mol. The molecule has 0 aromatic heterocycles. The van der Waals surface area contributed by atoms with Crippen LogP contribution in [0.5, 0.6) is 5.75 Å². The van der Waals surface area contributed by atoms with Crippen molar-refractivity contribution in [3.05, 3.63) is 28.3 Å². The van der Waals surface area contributed by atoms with Gasteiger partial charge in [0.15, 0.2) is 0 Å². The zero-order valence-electron chi connectivity index (χ0n) is 9.22. The first-order valence-electron chi connectivity index (χ1n) is 5.45. The van der Waals surface area contributed by atoms with Crippen molar-refractivity contribution in [2.45, 2.75) is 25.3 Å². The summed E-state index contributed by atoms with van der Waals surface area (Å²) in [6.07, 6.45) is 0.953. The maximum atomic E-state index is 6.06. The molecule has 0 spiro atoms. The van der Waals surface area contributed by atoms with Crippen molar-refractivity contribution in [1.82, 2.24) is 5.32 Å². The molecule has 0 bridgehead atoms. The number of hydrogen-bond donors (Lipinski definition) is 1. The average molecular weight is 260 g/mol. The highest BCUT2D eigenvalue weighted by atomic mass is 35.5. The number of nitrogens with one attached hydrogen (secondary N) is 1. The van der Waals surface area contributed by atoms with Crippen molar-refractivity contribution >= 4 is 23.2 Å². The largest absolute Gasteiger partial charge is 0.493 e. The average Bonchev–Trinajstić information content (AvgIpc) is 2.64. The van der Waals surface area contributed by atoms with Crippen LogP contribution in [0.2, 0.25) is 5.02 Å². The SMILES string of the molecule is CC(Cl)CNCc1cc(Cl)cc2c1OCC2. The van der Waals surface area contributed by atoms with Crippen LogP contribution in [0.1, 0.15) is 18.1 Å². The van der Waals surface area contributed by atoms with Gasteiger partial charge in [-0.1, -0.05) is 11.6 Å². The van der Waals surface area contributed by atoms with Crippen molar-refractivity contribution in [2.24, 2.45) is 0 Å². The minimum absolute atomic E-state index is 0.133. The van der Waals surface area contributed by atoms with E-state index in [0.717, 1.165) is 42.5 Å². The van der Waals surface area contributed by atoms with Gasteiger partial charge >= 0.3 is 0 Å². The van der Waals surface area contributed by atoms with Gasteiger partial charge in [0.25, 0.3) is 0 Å². The second-order valence-corrected chi connectivity index (χ2v) is 5.24. The molecule has 0 amide bonds. The van der Waals surface area contributed by atoms with Crippen LogP contribution in [0, 0.1) is 0 Å². The lowest BCUT2D eigenvalue weighted by atomic mass is 10.1. The van der Waals surface area contributed by atoms with E-state index in [1.165, 1.54) is 5.56 Å². The predicted molar refractivity (Wildman–Crippen MR) is 67.7 cm³/mol. The number of rotatable bonds is 4. The van der Waals surface area contributed by atoms with E-state index in [-0.39, 0.29) is 5.38 Å². The molecule has 1 aromatic carbocycles. The number of alkyl halides is 1. The van der Waals surface area contributed by atoms with Crippen molar-refractivity contribution in [3.63, 3.8) is 0 Å². The summed E-state index contributed by atoms with van der Waals surface area (Å²) >= 11 is 11.9. The molecule has 0 saturated heterocycles. The number of ether oxygens (including phenoxy) is 1. The van der Waals surface area contributed by atoms with E-state index < -0.39 is 0 Å². The fourth-order valence-electron chi connectivity index (χ4n) is 1.88. The zero-order valence-corrected chi connectivity index (χ0v) is 10.7. The lowest BCUT2D eigenvalue weighted by Crippen LogP contribution is -2.21. The fraction of sp³-hybridized carbons (Fsp3) is 0.500. The van der Waals surface area contributed by atoms with Crippen LogP contribution in [-0.4, -0.2) is 18.5 Å². The Kier molecular flexibility index (Phi) is 3.95. The summed E-state index contributed by atoms with van der Waals surface area (Å²) in [5, 5.41) is 4.20. The Bertz CT molecular complexity index is 380. The van der Waals surface area contributed by atoms with E-state index in [1.54, 1.807) is 0 Å². The molecule has 0 fully saturated rings. The normalized spacial score (nSPS) is 15.7. The minimum Gasteiger partial charge on any atom is -0.493 e. The lowest BCUT2D eigenvalue weighted by molar-refractivity contribution is 0.352. The van der Waals surface area contributed by atoms with Gasteiger partial charge in [0.2, 0.25) is 0 Å². The quantitative estimate of drug-likeness (QED) is 0.840. The molecule has 1 aliphatic rings. The first kappa shape index (κ1) is 12.0. The summed E-state index contributed by atoms with van der Waals surface area (Å²) in [6, 6.07) is 3.94. The summed E-state index contributed by atoms with van der Waals surface area (Å²) in [4.78, 5) is 0. The van der Waals surface area contributed by atoms with Crippen molar-refractivity contribution in [2.75, 3.05) is 13.2 Å². The van der Waals surface area contributed by atoms with Gasteiger partial charge in [-0.2, -0.15) is 0 Å². The summed E-state index contributed by atoms with van der Waals surface area (Å²) in [6.45, 7) is 4.25. The molecule has 0 radical (unpaired) electrons. The van der Waals surface area contributed by atoms with Gasteiger partial charge in [-0.3, -0.25) is 0 Å². The van der Waals surface area contributed by atoms with E-state index in [9.17, 15) is 0 Å². The van der Waals surface area contributed by atoms with Crippen molar-refractivity contribution in [3.8, 4) is 5.75 Å². The molecule has 88 valence electrons. The van der Waals surface area contributed by atoms with E-state index >= 15 is 0 Å². The summed E-state index contributed by atoms with van der Waals surface area (Å²) in [5.41, 5.74) is 2.33. The predicted octanol–water partition coefficient (Wildman–Crippen LogP) is 2.99. The third-order valence-corrected chi connectivity index (χ3v) is 2.94. The highest BCUT2D eigenvalue weighted by Crippen LogP contribution is 2.32. The Morgan fingerprint density at radius 3 is 3.06 bits per heavy atom. The monoisotopic (exact) mass is 259 g/mol. The first-order valence-corrected chi connectivity index (χ1v) is 6.27. The molecule has 0 aliphatic carbocycles. The summed E-state index contributed by atoms with van der Waals surface area (Å²) in [7, 11) is 0. The van der Waals surface area contributed by atoms with E-state index in [2.05, 4.69) is 5.32 Å². The zero-order chi connectivity index (χ0) is 11.5. The standard InChI is InChI=1S/C12H15Cl2NO/c1-8(13)6-15-7-10-5-11(14)4-9-2-3-16-12(9)10/h4-5,8,15H,2-3,6-7H2,1H3. The number of halogens is 2. The lowest BCUT2D eigenvalue weighted by Gasteiger charge is -2.10. The molecular formula is C12H15Cl2NO. The Balaban J connectivity index is 2.08. The molecule has 1 N–H and O–H groups in total. The molecule has 2 rings (SSSR count). The number of benzene rings is 1. The van der Waals surface area contributed by atoms with Crippen molar-refractivity contribution in [1.29, 1.82) is 0 Å². The van der Waals surface area contributed by atoms with E-state index in [4.69, 9.17) is 27.9 Å². The van der Waals surface area contributed by atoms with Crippen molar-refractivity contribution < 1.29 is 4.74 Å². The number of hydrogen-bond acceptors (Lipinski definition) is 2. The molecule has 16 heavy (non-hydrogen) atoms. The minimum atomic E-state index is 0.133. The van der Waals surface area contributed by atoms with Crippen LogP contribution in [0.3, 0.4) is 0 Å². The maximum Gasteiger partial charge on any atom is 0.127 e. The summed E-state index contributed by atoms with van der Waals surface area (Å²) < 4.78 is 5.61. The third-order valence-electron chi connectivity index (χ3n) is 2.57. The van der Waals surface area contributed by atoms with Gasteiger partial charge in [0.1, 0.15) is 5.75 Å². The highest BCUT2D eigenvalue weighted by Gasteiger charge is 2.17. The fourth-order valence-corrected chi connectivity index (χ4v) is 2.26. The molecule has 1 heterocycles. The summed E-state index contributed by atoms with van der Waals surface area (Å²) in [5.74, 6) is 0.999. The topological polar surface area (TPSA) is 21.3 Å². The molecule has 1 atom stereocenters.